The molecule has 0 spiro atoms. The standard InChI is InChI=1S/C13H24N2O2S/c1-11-8-14-6-3-2-4-12(14)9-15(11)13-5-7-18(16,17)10-13/h11-13H,2-10H2,1H3. The molecule has 3 saturated heterocycles. The summed E-state index contributed by atoms with van der Waals surface area (Å²) >= 11 is 0. The highest BCUT2D eigenvalue weighted by Gasteiger charge is 2.40. The molecule has 0 aromatic carbocycles. The summed E-state index contributed by atoms with van der Waals surface area (Å²) in [5.74, 6) is 0.791. The highest BCUT2D eigenvalue weighted by atomic mass is 32.2. The second-order valence-electron chi connectivity index (χ2n) is 6.25. The molecule has 3 aliphatic heterocycles. The first-order valence-electron chi connectivity index (χ1n) is 7.25. The fourth-order valence-electron chi connectivity index (χ4n) is 3.92. The molecule has 3 aliphatic rings. The van der Waals surface area contributed by atoms with Crippen LogP contribution in [0.25, 0.3) is 0 Å². The molecular formula is C13H24N2O2S. The Morgan fingerprint density at radius 1 is 1.06 bits per heavy atom. The fourth-order valence-corrected chi connectivity index (χ4v) is 5.66. The molecule has 0 N–H and O–H groups in total. The monoisotopic (exact) mass is 272 g/mol. The molecule has 104 valence electrons. The molecule has 0 bridgehead atoms. The molecular weight excluding hydrogens is 248 g/mol. The van der Waals surface area contributed by atoms with Crippen molar-refractivity contribution in [2.24, 2.45) is 0 Å². The smallest absolute Gasteiger partial charge is 0.151 e. The molecule has 3 heterocycles. The molecule has 5 heteroatoms. The van der Waals surface area contributed by atoms with Gasteiger partial charge in [0.15, 0.2) is 9.84 Å². The molecule has 0 saturated carbocycles. The highest BCUT2D eigenvalue weighted by molar-refractivity contribution is 7.91. The SMILES string of the molecule is CC1CN2CCCCC2CN1C1CCS(=O)(=O)C1. The summed E-state index contributed by atoms with van der Waals surface area (Å²) in [6.07, 6.45) is 4.81. The number of hydrogen-bond acceptors (Lipinski definition) is 4. The van der Waals surface area contributed by atoms with Gasteiger partial charge in [-0.05, 0) is 32.7 Å². The first-order valence-corrected chi connectivity index (χ1v) is 9.07. The van der Waals surface area contributed by atoms with Crippen LogP contribution in [-0.4, -0.2) is 67.5 Å². The van der Waals surface area contributed by atoms with Crippen molar-refractivity contribution in [3.8, 4) is 0 Å². The van der Waals surface area contributed by atoms with Crippen LogP contribution in [0.1, 0.15) is 32.6 Å². The quantitative estimate of drug-likeness (QED) is 0.706. The molecule has 4 nitrogen and oxygen atoms in total. The summed E-state index contributed by atoms with van der Waals surface area (Å²) in [7, 11) is -2.75. The van der Waals surface area contributed by atoms with Crippen molar-refractivity contribution in [1.82, 2.24) is 9.80 Å². The van der Waals surface area contributed by atoms with Crippen LogP contribution in [0, 0.1) is 0 Å². The van der Waals surface area contributed by atoms with Gasteiger partial charge < -0.3 is 0 Å². The van der Waals surface area contributed by atoms with E-state index in [0.29, 0.717) is 23.6 Å². The zero-order valence-corrected chi connectivity index (χ0v) is 12.0. The summed E-state index contributed by atoms with van der Waals surface area (Å²) in [4.78, 5) is 5.10. The van der Waals surface area contributed by atoms with Gasteiger partial charge in [-0.2, -0.15) is 0 Å². The molecule has 0 aliphatic carbocycles. The Balaban J connectivity index is 1.69. The van der Waals surface area contributed by atoms with Crippen LogP contribution in [0.4, 0.5) is 0 Å². The van der Waals surface area contributed by atoms with E-state index in [9.17, 15) is 8.42 Å². The van der Waals surface area contributed by atoms with Gasteiger partial charge >= 0.3 is 0 Å². The van der Waals surface area contributed by atoms with Crippen LogP contribution in [0.3, 0.4) is 0 Å². The van der Waals surface area contributed by atoms with Gasteiger partial charge in [0.1, 0.15) is 0 Å². The average molecular weight is 272 g/mol. The number of sulfone groups is 1. The Hall–Kier alpha value is -0.130. The Bertz CT molecular complexity index is 409. The summed E-state index contributed by atoms with van der Waals surface area (Å²) < 4.78 is 23.3. The summed E-state index contributed by atoms with van der Waals surface area (Å²) in [6.45, 7) is 5.71. The largest absolute Gasteiger partial charge is 0.298 e. The van der Waals surface area contributed by atoms with E-state index in [-0.39, 0.29) is 6.04 Å². The minimum Gasteiger partial charge on any atom is -0.298 e. The highest BCUT2D eigenvalue weighted by Crippen LogP contribution is 2.28. The lowest BCUT2D eigenvalue weighted by Crippen LogP contribution is -2.61. The number of piperazine rings is 1. The van der Waals surface area contributed by atoms with E-state index < -0.39 is 9.84 Å². The van der Waals surface area contributed by atoms with Gasteiger partial charge in [0.05, 0.1) is 11.5 Å². The number of nitrogens with zero attached hydrogens (tertiary/aromatic N) is 2. The maximum Gasteiger partial charge on any atom is 0.151 e. The van der Waals surface area contributed by atoms with Gasteiger partial charge in [-0.25, -0.2) is 8.42 Å². The van der Waals surface area contributed by atoms with Crippen molar-refractivity contribution in [3.63, 3.8) is 0 Å². The van der Waals surface area contributed by atoms with E-state index in [4.69, 9.17) is 0 Å². The third-order valence-electron chi connectivity index (χ3n) is 4.91. The Labute approximate surface area is 110 Å². The maximum absolute atomic E-state index is 11.6. The van der Waals surface area contributed by atoms with E-state index in [2.05, 4.69) is 16.7 Å². The van der Waals surface area contributed by atoms with E-state index in [1.54, 1.807) is 0 Å². The molecule has 3 fully saturated rings. The summed E-state index contributed by atoms with van der Waals surface area (Å²) in [5.41, 5.74) is 0. The van der Waals surface area contributed by atoms with Crippen LogP contribution in [0.2, 0.25) is 0 Å². The summed E-state index contributed by atoms with van der Waals surface area (Å²) in [6, 6.07) is 1.48. The Kier molecular flexibility index (Phi) is 3.41. The molecule has 3 atom stereocenters. The maximum atomic E-state index is 11.6. The van der Waals surface area contributed by atoms with Crippen molar-refractivity contribution >= 4 is 9.84 Å². The van der Waals surface area contributed by atoms with Gasteiger partial charge in [-0.3, -0.25) is 9.80 Å². The lowest BCUT2D eigenvalue weighted by atomic mass is 9.96. The zero-order chi connectivity index (χ0) is 12.8. The average Bonchev–Trinajstić information content (AvgIpc) is 2.68. The topological polar surface area (TPSA) is 40.6 Å². The van der Waals surface area contributed by atoms with Crippen LogP contribution in [0.15, 0.2) is 0 Å². The minimum atomic E-state index is -2.75. The van der Waals surface area contributed by atoms with Crippen LogP contribution in [-0.2, 0) is 9.84 Å². The predicted octanol–water partition coefficient (Wildman–Crippen LogP) is 0.732. The number of rotatable bonds is 1. The third kappa shape index (κ3) is 2.45. The van der Waals surface area contributed by atoms with Gasteiger partial charge in [-0.1, -0.05) is 6.42 Å². The first-order chi connectivity index (χ1) is 8.55. The fraction of sp³-hybridized carbons (Fsp3) is 1.00. The van der Waals surface area contributed by atoms with Gasteiger partial charge in [0.25, 0.3) is 0 Å². The third-order valence-corrected chi connectivity index (χ3v) is 6.66. The lowest BCUT2D eigenvalue weighted by molar-refractivity contribution is -0.00243. The molecule has 18 heavy (non-hydrogen) atoms. The lowest BCUT2D eigenvalue weighted by Gasteiger charge is -2.49. The molecule has 0 aromatic rings. The second-order valence-corrected chi connectivity index (χ2v) is 8.48. The Morgan fingerprint density at radius 3 is 2.61 bits per heavy atom. The molecule has 0 amide bonds. The van der Waals surface area contributed by atoms with Gasteiger partial charge in [0, 0.05) is 31.2 Å². The van der Waals surface area contributed by atoms with Gasteiger partial charge in [0.2, 0.25) is 0 Å². The number of hydrogen-bond donors (Lipinski definition) is 0. The van der Waals surface area contributed by atoms with Crippen molar-refractivity contribution in [2.75, 3.05) is 31.1 Å². The first kappa shape index (κ1) is 12.9. The molecule has 0 aromatic heterocycles. The number of piperidine rings is 1. The normalized spacial score (nSPS) is 41.7. The molecule has 3 rings (SSSR count). The van der Waals surface area contributed by atoms with Crippen LogP contribution >= 0.6 is 0 Å². The molecule has 0 radical (unpaired) electrons. The second kappa shape index (κ2) is 4.76. The van der Waals surface area contributed by atoms with Crippen LogP contribution in [0.5, 0.6) is 0 Å². The van der Waals surface area contributed by atoms with E-state index >= 15 is 0 Å². The van der Waals surface area contributed by atoms with Crippen molar-refractivity contribution < 1.29 is 8.42 Å². The minimum absolute atomic E-state index is 0.286. The van der Waals surface area contributed by atoms with E-state index in [1.165, 1.54) is 25.8 Å². The predicted molar refractivity (Wildman–Crippen MR) is 72.4 cm³/mol. The number of fused-ring (bicyclic) bond motifs is 1. The van der Waals surface area contributed by atoms with Gasteiger partial charge in [-0.15, -0.1) is 0 Å². The van der Waals surface area contributed by atoms with Crippen molar-refractivity contribution in [1.29, 1.82) is 0 Å². The van der Waals surface area contributed by atoms with Crippen molar-refractivity contribution in [2.45, 2.75) is 50.7 Å². The summed E-state index contributed by atoms with van der Waals surface area (Å²) in [5, 5.41) is 0. The van der Waals surface area contributed by atoms with E-state index in [0.717, 1.165) is 19.5 Å². The molecule has 3 unspecified atom stereocenters. The zero-order valence-electron chi connectivity index (χ0n) is 11.2. The van der Waals surface area contributed by atoms with Crippen LogP contribution < -0.4 is 0 Å². The van der Waals surface area contributed by atoms with E-state index in [1.807, 2.05) is 0 Å². The Morgan fingerprint density at radius 2 is 1.89 bits per heavy atom. The van der Waals surface area contributed by atoms with Crippen molar-refractivity contribution in [3.05, 3.63) is 0 Å².